The molecule has 6 nitrogen and oxygen atoms in total. The lowest BCUT2D eigenvalue weighted by Gasteiger charge is -2.16. The summed E-state index contributed by atoms with van der Waals surface area (Å²) in [4.78, 5) is 37.4. The van der Waals surface area contributed by atoms with E-state index in [9.17, 15) is 14.4 Å². The maximum absolute atomic E-state index is 12.3. The number of fused-ring (bicyclic) bond motifs is 1. The van der Waals surface area contributed by atoms with E-state index >= 15 is 0 Å². The summed E-state index contributed by atoms with van der Waals surface area (Å²) >= 11 is 1.50. The number of rotatable bonds is 4. The van der Waals surface area contributed by atoms with Gasteiger partial charge in [-0.25, -0.2) is 0 Å². The normalized spacial score (nSPS) is 15.6. The van der Waals surface area contributed by atoms with Crippen LogP contribution in [-0.2, 0) is 24.2 Å². The topological polar surface area (TPSA) is 87.3 Å². The van der Waals surface area contributed by atoms with Gasteiger partial charge in [0.2, 0.25) is 5.91 Å². The first-order valence-electron chi connectivity index (χ1n) is 8.98. The summed E-state index contributed by atoms with van der Waals surface area (Å²) in [6, 6.07) is 8.78. The predicted octanol–water partition coefficient (Wildman–Crippen LogP) is 2.58. The fourth-order valence-corrected chi connectivity index (χ4v) is 4.17. The van der Waals surface area contributed by atoms with Gasteiger partial charge in [0, 0.05) is 23.9 Å². The summed E-state index contributed by atoms with van der Waals surface area (Å²) in [7, 11) is 0. The minimum atomic E-state index is -0.385. The van der Waals surface area contributed by atoms with Gasteiger partial charge in [-0.15, -0.1) is 11.3 Å². The molecule has 3 amide bonds. The lowest BCUT2D eigenvalue weighted by Crippen LogP contribution is -2.41. The minimum absolute atomic E-state index is 0.107. The number of hydrazine groups is 1. The molecule has 0 bridgehead atoms. The molecule has 3 rings (SSSR count). The number of amides is 3. The summed E-state index contributed by atoms with van der Waals surface area (Å²) in [6.07, 6.45) is 3.19. The third kappa shape index (κ3) is 4.95. The Bertz CT molecular complexity index is 858. The Kier molecular flexibility index (Phi) is 5.91. The Hall–Kier alpha value is -2.67. The molecule has 0 spiro atoms. The molecule has 0 radical (unpaired) electrons. The van der Waals surface area contributed by atoms with Crippen molar-refractivity contribution >= 4 is 29.1 Å². The lowest BCUT2D eigenvalue weighted by atomic mass is 9.90. The smallest absolute Gasteiger partial charge is 0.279 e. The van der Waals surface area contributed by atoms with E-state index in [0.29, 0.717) is 22.9 Å². The van der Waals surface area contributed by atoms with Crippen LogP contribution in [0.5, 0.6) is 0 Å². The van der Waals surface area contributed by atoms with Gasteiger partial charge in [0.15, 0.2) is 0 Å². The molecule has 142 valence electrons. The predicted molar refractivity (Wildman–Crippen MR) is 104 cm³/mol. The van der Waals surface area contributed by atoms with Crippen LogP contribution in [0.4, 0.5) is 0 Å². The van der Waals surface area contributed by atoms with Gasteiger partial charge in [-0.05, 0) is 54.5 Å². The maximum Gasteiger partial charge on any atom is 0.279 e. The number of thiophene rings is 1. The van der Waals surface area contributed by atoms with E-state index in [1.165, 1.54) is 28.7 Å². The van der Waals surface area contributed by atoms with Crippen LogP contribution in [0.2, 0.25) is 0 Å². The molecule has 1 aliphatic carbocycles. The van der Waals surface area contributed by atoms with Gasteiger partial charge in [-0.1, -0.05) is 19.1 Å². The number of nitrogens with one attached hydrogen (secondary N) is 3. The van der Waals surface area contributed by atoms with E-state index in [1.54, 1.807) is 24.3 Å². The van der Waals surface area contributed by atoms with Crippen LogP contribution in [0.1, 0.15) is 56.3 Å². The molecule has 2 aromatic rings. The standard InChI is InChI=1S/C20H23N3O3S/c1-12-3-8-17-16(9-12)10-18(27-17)20(26)23-22-19(25)15-6-4-14(5-7-15)11-21-13(2)24/h4-7,10,12H,3,8-9,11H2,1-2H3,(H,21,24)(H,22,25)(H,23,26). The molecule has 0 saturated heterocycles. The molecule has 1 unspecified atom stereocenters. The van der Waals surface area contributed by atoms with E-state index < -0.39 is 0 Å². The van der Waals surface area contributed by atoms with Gasteiger partial charge in [0.25, 0.3) is 11.8 Å². The first-order chi connectivity index (χ1) is 12.9. The Labute approximate surface area is 162 Å². The summed E-state index contributed by atoms with van der Waals surface area (Å²) in [6.45, 7) is 4.09. The summed E-state index contributed by atoms with van der Waals surface area (Å²) in [5, 5.41) is 2.70. The Balaban J connectivity index is 1.54. The van der Waals surface area contributed by atoms with Crippen LogP contribution < -0.4 is 16.2 Å². The van der Waals surface area contributed by atoms with Gasteiger partial charge in [0.05, 0.1) is 4.88 Å². The zero-order valence-electron chi connectivity index (χ0n) is 15.4. The number of aryl methyl sites for hydroxylation is 1. The van der Waals surface area contributed by atoms with Gasteiger partial charge in [-0.3, -0.25) is 25.2 Å². The molecule has 1 atom stereocenters. The lowest BCUT2D eigenvalue weighted by molar-refractivity contribution is -0.119. The highest BCUT2D eigenvalue weighted by Gasteiger charge is 2.21. The minimum Gasteiger partial charge on any atom is -0.352 e. The SMILES string of the molecule is CC(=O)NCc1ccc(C(=O)NNC(=O)c2cc3c(s2)CCC(C)C3)cc1. The molecule has 3 N–H and O–H groups in total. The van der Waals surface area contributed by atoms with E-state index in [-0.39, 0.29) is 17.7 Å². The van der Waals surface area contributed by atoms with Crippen molar-refractivity contribution in [2.45, 2.75) is 39.7 Å². The number of hydrogen-bond acceptors (Lipinski definition) is 4. The van der Waals surface area contributed by atoms with Crippen molar-refractivity contribution in [1.82, 2.24) is 16.2 Å². The van der Waals surface area contributed by atoms with Crippen molar-refractivity contribution in [1.29, 1.82) is 0 Å². The Morgan fingerprint density at radius 3 is 2.52 bits per heavy atom. The molecule has 1 aromatic carbocycles. The van der Waals surface area contributed by atoms with Gasteiger partial charge in [0.1, 0.15) is 0 Å². The monoisotopic (exact) mass is 385 g/mol. The van der Waals surface area contributed by atoms with Crippen LogP contribution in [0.25, 0.3) is 0 Å². The van der Waals surface area contributed by atoms with E-state index in [4.69, 9.17) is 0 Å². The fraction of sp³-hybridized carbons (Fsp3) is 0.350. The first kappa shape index (κ1) is 19.1. The van der Waals surface area contributed by atoms with Crippen molar-refractivity contribution in [2.75, 3.05) is 0 Å². The van der Waals surface area contributed by atoms with Crippen LogP contribution >= 0.6 is 11.3 Å². The zero-order chi connectivity index (χ0) is 19.4. The van der Waals surface area contributed by atoms with Crippen molar-refractivity contribution in [3.63, 3.8) is 0 Å². The zero-order valence-corrected chi connectivity index (χ0v) is 16.2. The van der Waals surface area contributed by atoms with Crippen LogP contribution in [-0.4, -0.2) is 17.7 Å². The third-order valence-electron chi connectivity index (χ3n) is 4.60. The summed E-state index contributed by atoms with van der Waals surface area (Å²) < 4.78 is 0. The number of carbonyl (C=O) groups is 3. The van der Waals surface area contributed by atoms with Crippen LogP contribution in [0.3, 0.4) is 0 Å². The van der Waals surface area contributed by atoms with Crippen molar-refractivity contribution in [3.05, 3.63) is 56.8 Å². The van der Waals surface area contributed by atoms with Crippen LogP contribution in [0, 0.1) is 5.92 Å². The molecule has 0 aliphatic heterocycles. The molecule has 27 heavy (non-hydrogen) atoms. The highest BCUT2D eigenvalue weighted by Crippen LogP contribution is 2.32. The van der Waals surface area contributed by atoms with Gasteiger partial charge in [-0.2, -0.15) is 0 Å². The molecule has 7 heteroatoms. The fourth-order valence-electron chi connectivity index (χ4n) is 3.07. The Morgan fingerprint density at radius 2 is 1.81 bits per heavy atom. The first-order valence-corrected chi connectivity index (χ1v) is 9.79. The molecular formula is C20H23N3O3S. The average molecular weight is 385 g/mol. The highest BCUT2D eigenvalue weighted by atomic mass is 32.1. The quantitative estimate of drug-likeness (QED) is 0.707. The van der Waals surface area contributed by atoms with Crippen molar-refractivity contribution in [2.24, 2.45) is 5.92 Å². The van der Waals surface area contributed by atoms with Gasteiger partial charge < -0.3 is 5.32 Å². The third-order valence-corrected chi connectivity index (χ3v) is 5.84. The van der Waals surface area contributed by atoms with E-state index in [2.05, 4.69) is 23.1 Å². The van der Waals surface area contributed by atoms with E-state index in [1.807, 2.05) is 6.07 Å². The van der Waals surface area contributed by atoms with Crippen LogP contribution in [0.15, 0.2) is 30.3 Å². The highest BCUT2D eigenvalue weighted by molar-refractivity contribution is 7.14. The molecule has 1 aliphatic rings. The molecular weight excluding hydrogens is 362 g/mol. The molecule has 0 fully saturated rings. The largest absolute Gasteiger partial charge is 0.352 e. The summed E-state index contributed by atoms with van der Waals surface area (Å²) in [5.74, 6) is -0.136. The number of hydrogen-bond donors (Lipinski definition) is 3. The number of benzene rings is 1. The van der Waals surface area contributed by atoms with E-state index in [0.717, 1.165) is 24.8 Å². The molecule has 1 heterocycles. The van der Waals surface area contributed by atoms with Crippen molar-refractivity contribution in [3.8, 4) is 0 Å². The molecule has 0 saturated carbocycles. The maximum atomic E-state index is 12.3. The second-order valence-electron chi connectivity index (χ2n) is 6.92. The van der Waals surface area contributed by atoms with Gasteiger partial charge >= 0.3 is 0 Å². The summed E-state index contributed by atoms with van der Waals surface area (Å²) in [5.41, 5.74) is 7.52. The second kappa shape index (κ2) is 8.35. The van der Waals surface area contributed by atoms with Crippen molar-refractivity contribution < 1.29 is 14.4 Å². The number of carbonyl (C=O) groups excluding carboxylic acids is 3. The Morgan fingerprint density at radius 1 is 1.11 bits per heavy atom. The average Bonchev–Trinajstić information content (AvgIpc) is 3.07. The molecule has 1 aromatic heterocycles. The second-order valence-corrected chi connectivity index (χ2v) is 8.06.